The van der Waals surface area contributed by atoms with E-state index < -0.39 is 0 Å². The maximum Gasteiger partial charge on any atom is 0.305 e. The average Bonchev–Trinajstić information content (AvgIpc) is 2.27. The molecule has 0 aromatic rings. The minimum Gasteiger partial charge on any atom is -0.469 e. The van der Waals surface area contributed by atoms with E-state index in [-0.39, 0.29) is 5.97 Å². The normalized spacial score (nSPS) is 26.7. The molecule has 94 valence electrons. The molecule has 4 nitrogen and oxygen atoms in total. The summed E-state index contributed by atoms with van der Waals surface area (Å²) in [4.78, 5) is 10.9. The highest BCUT2D eigenvalue weighted by Gasteiger charge is 2.23. The first-order valence-electron chi connectivity index (χ1n) is 6.23. The van der Waals surface area contributed by atoms with Crippen LogP contribution >= 0.6 is 0 Å². The zero-order valence-electron chi connectivity index (χ0n) is 10.7. The van der Waals surface area contributed by atoms with Gasteiger partial charge < -0.3 is 4.74 Å². The van der Waals surface area contributed by atoms with Crippen molar-refractivity contribution in [3.05, 3.63) is 0 Å². The number of rotatable bonds is 5. The number of nitrogens with one attached hydrogen (secondary N) is 1. The molecule has 0 radical (unpaired) electrons. The molecule has 1 saturated heterocycles. The van der Waals surface area contributed by atoms with Gasteiger partial charge in [0.15, 0.2) is 0 Å². The number of carbonyl (C=O) groups is 1. The Balaban J connectivity index is 2.17. The van der Waals surface area contributed by atoms with Crippen molar-refractivity contribution in [2.24, 2.45) is 0 Å². The Bertz CT molecular complexity index is 211. The Labute approximate surface area is 98.3 Å². The lowest BCUT2D eigenvalue weighted by molar-refractivity contribution is -0.140. The number of esters is 1. The van der Waals surface area contributed by atoms with Gasteiger partial charge in [-0.05, 0) is 33.1 Å². The Hall–Kier alpha value is -0.610. The minimum absolute atomic E-state index is 0.124. The number of piperidine rings is 1. The molecule has 1 N–H and O–H groups in total. The van der Waals surface area contributed by atoms with Crippen molar-refractivity contribution in [1.82, 2.24) is 10.4 Å². The highest BCUT2D eigenvalue weighted by Crippen LogP contribution is 2.19. The Morgan fingerprint density at radius 2 is 2.00 bits per heavy atom. The SMILES string of the molecule is COC(=O)CCCNN1C(C)CCCC1C. The van der Waals surface area contributed by atoms with Crippen LogP contribution in [0.15, 0.2) is 0 Å². The number of hydrazine groups is 1. The van der Waals surface area contributed by atoms with Gasteiger partial charge in [0.2, 0.25) is 0 Å². The molecule has 1 aliphatic rings. The fourth-order valence-electron chi connectivity index (χ4n) is 2.28. The summed E-state index contributed by atoms with van der Waals surface area (Å²) in [5, 5.41) is 2.33. The smallest absolute Gasteiger partial charge is 0.305 e. The molecule has 2 atom stereocenters. The molecule has 0 amide bonds. The maximum atomic E-state index is 10.9. The molecule has 1 aliphatic heterocycles. The maximum absolute atomic E-state index is 10.9. The van der Waals surface area contributed by atoms with Crippen LogP contribution in [-0.4, -0.2) is 36.7 Å². The molecule has 0 aromatic heterocycles. The van der Waals surface area contributed by atoms with E-state index in [0.29, 0.717) is 18.5 Å². The van der Waals surface area contributed by atoms with Crippen molar-refractivity contribution in [3.8, 4) is 0 Å². The van der Waals surface area contributed by atoms with Gasteiger partial charge in [-0.1, -0.05) is 6.42 Å². The number of hydrogen-bond donors (Lipinski definition) is 1. The zero-order valence-corrected chi connectivity index (χ0v) is 10.7. The van der Waals surface area contributed by atoms with Gasteiger partial charge in [-0.15, -0.1) is 0 Å². The van der Waals surface area contributed by atoms with Crippen molar-refractivity contribution in [2.75, 3.05) is 13.7 Å². The standard InChI is InChI=1S/C12H24N2O2/c1-10-6-4-7-11(2)14(10)13-9-5-8-12(15)16-3/h10-11,13H,4-9H2,1-3H3. The van der Waals surface area contributed by atoms with E-state index in [9.17, 15) is 4.79 Å². The highest BCUT2D eigenvalue weighted by atomic mass is 16.5. The van der Waals surface area contributed by atoms with Gasteiger partial charge in [-0.3, -0.25) is 10.2 Å². The summed E-state index contributed by atoms with van der Waals surface area (Å²) >= 11 is 0. The molecular weight excluding hydrogens is 204 g/mol. The fraction of sp³-hybridized carbons (Fsp3) is 0.917. The van der Waals surface area contributed by atoms with Crippen LogP contribution in [0.4, 0.5) is 0 Å². The van der Waals surface area contributed by atoms with Crippen molar-refractivity contribution >= 4 is 5.97 Å². The van der Waals surface area contributed by atoms with Crippen LogP contribution in [0.5, 0.6) is 0 Å². The highest BCUT2D eigenvalue weighted by molar-refractivity contribution is 5.68. The van der Waals surface area contributed by atoms with Crippen LogP contribution in [0.2, 0.25) is 0 Å². The molecular formula is C12H24N2O2. The predicted molar refractivity (Wildman–Crippen MR) is 63.9 cm³/mol. The van der Waals surface area contributed by atoms with E-state index in [0.717, 1.165) is 13.0 Å². The molecule has 0 spiro atoms. The first-order valence-corrected chi connectivity index (χ1v) is 6.23. The Morgan fingerprint density at radius 3 is 2.56 bits per heavy atom. The van der Waals surface area contributed by atoms with Crippen molar-refractivity contribution in [2.45, 2.75) is 58.0 Å². The van der Waals surface area contributed by atoms with Crippen LogP contribution in [-0.2, 0) is 9.53 Å². The van der Waals surface area contributed by atoms with Crippen LogP contribution in [0.1, 0.15) is 46.0 Å². The van der Waals surface area contributed by atoms with Gasteiger partial charge in [-0.25, -0.2) is 5.01 Å². The molecule has 0 aliphatic carbocycles. The summed E-state index contributed by atoms with van der Waals surface area (Å²) in [5.74, 6) is -0.124. The van der Waals surface area contributed by atoms with E-state index in [1.165, 1.54) is 26.4 Å². The average molecular weight is 228 g/mol. The van der Waals surface area contributed by atoms with Crippen molar-refractivity contribution in [1.29, 1.82) is 0 Å². The first-order chi connectivity index (χ1) is 7.65. The lowest BCUT2D eigenvalue weighted by atomic mass is 10.00. The van der Waals surface area contributed by atoms with E-state index >= 15 is 0 Å². The summed E-state index contributed by atoms with van der Waals surface area (Å²) in [6, 6.07) is 1.20. The second kappa shape index (κ2) is 6.86. The lowest BCUT2D eigenvalue weighted by Crippen LogP contribution is -2.52. The molecule has 1 fully saturated rings. The second-order valence-electron chi connectivity index (χ2n) is 4.62. The fourth-order valence-corrected chi connectivity index (χ4v) is 2.28. The van der Waals surface area contributed by atoms with Crippen molar-refractivity contribution < 1.29 is 9.53 Å². The van der Waals surface area contributed by atoms with Gasteiger partial charge in [-0.2, -0.15) is 0 Å². The van der Waals surface area contributed by atoms with Crippen LogP contribution in [0, 0.1) is 0 Å². The van der Waals surface area contributed by atoms with Crippen LogP contribution < -0.4 is 5.43 Å². The summed E-state index contributed by atoms with van der Waals surface area (Å²) in [6.07, 6.45) is 5.17. The van der Waals surface area contributed by atoms with Gasteiger partial charge in [0.25, 0.3) is 0 Å². The largest absolute Gasteiger partial charge is 0.469 e. The molecule has 1 heterocycles. The number of methoxy groups -OCH3 is 1. The second-order valence-corrected chi connectivity index (χ2v) is 4.62. The van der Waals surface area contributed by atoms with Crippen LogP contribution in [0.25, 0.3) is 0 Å². The van der Waals surface area contributed by atoms with E-state index in [1.807, 2.05) is 0 Å². The lowest BCUT2D eigenvalue weighted by Gasteiger charge is -2.39. The summed E-state index contributed by atoms with van der Waals surface area (Å²) in [5.41, 5.74) is 3.43. The third-order valence-electron chi connectivity index (χ3n) is 3.27. The third-order valence-corrected chi connectivity index (χ3v) is 3.27. The Morgan fingerprint density at radius 1 is 1.38 bits per heavy atom. The number of carbonyl (C=O) groups excluding carboxylic acids is 1. The van der Waals surface area contributed by atoms with Gasteiger partial charge in [0, 0.05) is 25.0 Å². The number of ether oxygens (including phenoxy) is 1. The topological polar surface area (TPSA) is 41.6 Å². The monoisotopic (exact) mass is 228 g/mol. The number of nitrogens with zero attached hydrogens (tertiary/aromatic N) is 1. The summed E-state index contributed by atoms with van der Waals surface area (Å²) in [6.45, 7) is 5.36. The van der Waals surface area contributed by atoms with Crippen LogP contribution in [0.3, 0.4) is 0 Å². The van der Waals surface area contributed by atoms with Gasteiger partial charge in [0.05, 0.1) is 7.11 Å². The third kappa shape index (κ3) is 4.10. The zero-order chi connectivity index (χ0) is 12.0. The molecule has 0 saturated carbocycles. The number of hydrogen-bond acceptors (Lipinski definition) is 4. The molecule has 0 aromatic carbocycles. The summed E-state index contributed by atoms with van der Waals surface area (Å²) in [7, 11) is 1.44. The molecule has 16 heavy (non-hydrogen) atoms. The quantitative estimate of drug-likeness (QED) is 0.574. The van der Waals surface area contributed by atoms with E-state index in [4.69, 9.17) is 0 Å². The Kier molecular flexibility index (Phi) is 5.77. The minimum atomic E-state index is -0.124. The molecule has 2 unspecified atom stereocenters. The van der Waals surface area contributed by atoms with Gasteiger partial charge in [0.1, 0.15) is 0 Å². The molecule has 1 rings (SSSR count). The van der Waals surface area contributed by atoms with Gasteiger partial charge >= 0.3 is 5.97 Å². The summed E-state index contributed by atoms with van der Waals surface area (Å²) < 4.78 is 4.60. The predicted octanol–water partition coefficient (Wildman–Crippen LogP) is 1.71. The van der Waals surface area contributed by atoms with E-state index in [1.54, 1.807) is 0 Å². The molecule has 0 bridgehead atoms. The first kappa shape index (κ1) is 13.5. The molecule has 4 heteroatoms. The van der Waals surface area contributed by atoms with E-state index in [2.05, 4.69) is 29.0 Å². The van der Waals surface area contributed by atoms with Crippen molar-refractivity contribution in [3.63, 3.8) is 0 Å².